The Morgan fingerprint density at radius 1 is 1.22 bits per heavy atom. The van der Waals surface area contributed by atoms with Crippen LogP contribution in [0.2, 0.25) is 0 Å². The van der Waals surface area contributed by atoms with Gasteiger partial charge in [0.15, 0.2) is 0 Å². The number of alkyl halides is 1. The molecule has 0 saturated carbocycles. The van der Waals surface area contributed by atoms with E-state index in [0.717, 1.165) is 38.4 Å². The molecule has 0 unspecified atom stereocenters. The van der Waals surface area contributed by atoms with E-state index < -0.39 is 0 Å². The number of ether oxygens (including phenoxy) is 1. The Bertz CT molecular complexity index is 42.2. The third-order valence-electron chi connectivity index (χ3n) is 1.02. The van der Waals surface area contributed by atoms with Gasteiger partial charge in [-0.3, -0.25) is 0 Å². The van der Waals surface area contributed by atoms with Crippen LogP contribution in [-0.4, -0.2) is 19.1 Å². The largest absolute Gasteiger partial charge is 0.381 e. The molecule has 0 radical (unpaired) electrons. The van der Waals surface area contributed by atoms with Crippen LogP contribution in [0.25, 0.3) is 0 Å². The molecule has 0 aromatic heterocycles. The summed E-state index contributed by atoms with van der Waals surface area (Å²) in [6.07, 6.45) is 3.29. The summed E-state index contributed by atoms with van der Waals surface area (Å²) in [7, 11) is 0. The topological polar surface area (TPSA) is 9.23 Å². The predicted octanol–water partition coefficient (Wildman–Crippen LogP) is 2.43. The monoisotopic (exact) mass is 150 g/mol. The Morgan fingerprint density at radius 3 is 2.56 bits per heavy atom. The maximum absolute atomic E-state index is 5.46. The predicted molar refractivity (Wildman–Crippen MR) is 41.1 cm³/mol. The van der Waals surface area contributed by atoms with Crippen LogP contribution in [-0.2, 0) is 4.74 Å². The molecule has 0 aromatic carbocycles. The van der Waals surface area contributed by atoms with Crippen molar-refractivity contribution in [2.24, 2.45) is 0 Å². The van der Waals surface area contributed by atoms with Gasteiger partial charge >= 0.3 is 0 Å². The standard InChI is InChI=1S/C7H15ClO/c1-2-6-9-7-4-3-5-8/h2-7H2,1H3. The average Bonchev–Trinajstić information content (AvgIpc) is 1.89. The summed E-state index contributed by atoms with van der Waals surface area (Å²) in [5.41, 5.74) is 0. The van der Waals surface area contributed by atoms with Crippen LogP contribution in [0.3, 0.4) is 0 Å². The lowest BCUT2D eigenvalue weighted by molar-refractivity contribution is 0.132. The van der Waals surface area contributed by atoms with E-state index in [1.807, 2.05) is 0 Å². The second-order valence-corrected chi connectivity index (χ2v) is 2.39. The van der Waals surface area contributed by atoms with Crippen molar-refractivity contribution in [3.63, 3.8) is 0 Å². The number of unbranched alkanes of at least 4 members (excludes halogenated alkanes) is 1. The molecule has 0 aromatic rings. The van der Waals surface area contributed by atoms with Gasteiger partial charge in [0.25, 0.3) is 0 Å². The van der Waals surface area contributed by atoms with Crippen molar-refractivity contribution in [1.82, 2.24) is 0 Å². The SMILES string of the molecule is CCCOCCCCCl. The average molecular weight is 151 g/mol. The van der Waals surface area contributed by atoms with Gasteiger partial charge in [-0.1, -0.05) is 6.92 Å². The quantitative estimate of drug-likeness (QED) is 0.418. The van der Waals surface area contributed by atoms with Gasteiger partial charge in [0.2, 0.25) is 0 Å². The molecule has 0 rings (SSSR count). The summed E-state index contributed by atoms with van der Waals surface area (Å²) in [6, 6.07) is 0. The molecule has 9 heavy (non-hydrogen) atoms. The Balaban J connectivity index is 2.60. The van der Waals surface area contributed by atoms with Crippen LogP contribution in [0.15, 0.2) is 0 Å². The van der Waals surface area contributed by atoms with E-state index in [2.05, 4.69) is 6.92 Å². The molecule has 0 heterocycles. The first kappa shape index (κ1) is 9.25. The smallest absolute Gasteiger partial charge is 0.0466 e. The first-order valence-corrected chi connectivity index (χ1v) is 4.09. The molecule has 0 spiro atoms. The molecule has 0 aliphatic heterocycles. The molecular formula is C7H15ClO. The van der Waals surface area contributed by atoms with Crippen LogP contribution in [0.4, 0.5) is 0 Å². The number of rotatable bonds is 6. The highest BCUT2D eigenvalue weighted by molar-refractivity contribution is 6.17. The fraction of sp³-hybridized carbons (Fsp3) is 1.00. The van der Waals surface area contributed by atoms with Crippen molar-refractivity contribution in [2.75, 3.05) is 19.1 Å². The third-order valence-corrected chi connectivity index (χ3v) is 1.29. The van der Waals surface area contributed by atoms with E-state index in [1.54, 1.807) is 0 Å². The number of hydrogen-bond donors (Lipinski definition) is 0. The lowest BCUT2D eigenvalue weighted by atomic mass is 10.4. The van der Waals surface area contributed by atoms with E-state index in [1.165, 1.54) is 0 Å². The highest BCUT2D eigenvalue weighted by atomic mass is 35.5. The van der Waals surface area contributed by atoms with E-state index in [-0.39, 0.29) is 0 Å². The minimum atomic E-state index is 0.759. The van der Waals surface area contributed by atoms with Gasteiger partial charge in [0, 0.05) is 19.1 Å². The van der Waals surface area contributed by atoms with Crippen molar-refractivity contribution in [3.8, 4) is 0 Å². The minimum absolute atomic E-state index is 0.759. The van der Waals surface area contributed by atoms with Crippen LogP contribution < -0.4 is 0 Å². The third kappa shape index (κ3) is 8.25. The van der Waals surface area contributed by atoms with E-state index in [0.29, 0.717) is 0 Å². The molecular weight excluding hydrogens is 136 g/mol. The van der Waals surface area contributed by atoms with Crippen molar-refractivity contribution >= 4 is 11.6 Å². The highest BCUT2D eigenvalue weighted by Gasteiger charge is 1.85. The molecule has 1 nitrogen and oxygen atoms in total. The summed E-state index contributed by atoms with van der Waals surface area (Å²) in [5, 5.41) is 0. The van der Waals surface area contributed by atoms with Crippen LogP contribution in [0, 0.1) is 0 Å². The lowest BCUT2D eigenvalue weighted by Crippen LogP contribution is -1.95. The zero-order valence-electron chi connectivity index (χ0n) is 6.03. The van der Waals surface area contributed by atoms with Gasteiger partial charge in [-0.05, 0) is 19.3 Å². The van der Waals surface area contributed by atoms with Crippen molar-refractivity contribution in [1.29, 1.82) is 0 Å². The molecule has 0 aliphatic carbocycles. The Labute approximate surface area is 62.3 Å². The molecule has 2 heteroatoms. The summed E-state index contributed by atoms with van der Waals surface area (Å²) < 4.78 is 5.23. The first-order valence-electron chi connectivity index (χ1n) is 3.55. The summed E-state index contributed by atoms with van der Waals surface area (Å²) in [5.74, 6) is 0.759. The molecule has 0 N–H and O–H groups in total. The fourth-order valence-corrected chi connectivity index (χ4v) is 0.734. The molecule has 0 atom stereocenters. The maximum Gasteiger partial charge on any atom is 0.0466 e. The van der Waals surface area contributed by atoms with Crippen LogP contribution in [0.5, 0.6) is 0 Å². The van der Waals surface area contributed by atoms with Gasteiger partial charge < -0.3 is 4.74 Å². The van der Waals surface area contributed by atoms with Crippen molar-refractivity contribution in [2.45, 2.75) is 26.2 Å². The maximum atomic E-state index is 5.46. The van der Waals surface area contributed by atoms with Crippen LogP contribution in [0.1, 0.15) is 26.2 Å². The molecule has 0 bridgehead atoms. The number of hydrogen-bond acceptors (Lipinski definition) is 1. The summed E-state index contributed by atoms with van der Waals surface area (Å²) >= 11 is 5.46. The molecule has 0 saturated heterocycles. The number of halogens is 1. The Kier molecular flexibility index (Phi) is 8.48. The Hall–Kier alpha value is 0.250. The van der Waals surface area contributed by atoms with Gasteiger partial charge in [0.1, 0.15) is 0 Å². The van der Waals surface area contributed by atoms with Crippen LogP contribution >= 0.6 is 11.6 Å². The summed E-state index contributed by atoms with van der Waals surface area (Å²) in [6.45, 7) is 3.88. The zero-order valence-corrected chi connectivity index (χ0v) is 6.78. The van der Waals surface area contributed by atoms with Gasteiger partial charge in [-0.15, -0.1) is 11.6 Å². The van der Waals surface area contributed by atoms with Crippen molar-refractivity contribution in [3.05, 3.63) is 0 Å². The minimum Gasteiger partial charge on any atom is -0.381 e. The highest BCUT2D eigenvalue weighted by Crippen LogP contribution is 1.92. The van der Waals surface area contributed by atoms with E-state index in [9.17, 15) is 0 Å². The molecule has 0 fully saturated rings. The normalized spacial score (nSPS) is 10.0. The van der Waals surface area contributed by atoms with Gasteiger partial charge in [-0.2, -0.15) is 0 Å². The molecule has 56 valence electrons. The van der Waals surface area contributed by atoms with E-state index in [4.69, 9.17) is 16.3 Å². The van der Waals surface area contributed by atoms with Gasteiger partial charge in [-0.25, -0.2) is 0 Å². The van der Waals surface area contributed by atoms with Crippen molar-refractivity contribution < 1.29 is 4.74 Å². The molecule has 0 amide bonds. The first-order chi connectivity index (χ1) is 4.41. The Morgan fingerprint density at radius 2 is 2.00 bits per heavy atom. The fourth-order valence-electron chi connectivity index (χ4n) is 0.545. The lowest BCUT2D eigenvalue weighted by Gasteiger charge is -1.98. The zero-order chi connectivity index (χ0) is 6.95. The van der Waals surface area contributed by atoms with E-state index >= 15 is 0 Å². The van der Waals surface area contributed by atoms with Gasteiger partial charge in [0.05, 0.1) is 0 Å². The second kappa shape index (κ2) is 8.25. The molecule has 0 aliphatic rings. The second-order valence-electron chi connectivity index (χ2n) is 2.01. The summed E-state index contributed by atoms with van der Waals surface area (Å²) in [4.78, 5) is 0.